The van der Waals surface area contributed by atoms with E-state index in [0.717, 1.165) is 55.9 Å². The average molecular weight is 364 g/mol. The van der Waals surface area contributed by atoms with E-state index in [9.17, 15) is 0 Å². The standard InChI is InChI=1S/C20H24N6O/c1-15-12-19(24-27-15)23-18-13-20(22-16(2)21-18)26-10-8-25(9-11-26)14-17-6-4-3-5-7-17/h3-7,12-13H,8-11,14H2,1-2H3,(H,21,22,23,24). The van der Waals surface area contributed by atoms with E-state index in [1.807, 2.05) is 26.0 Å². The van der Waals surface area contributed by atoms with Crippen LogP contribution in [0.4, 0.5) is 17.5 Å². The monoisotopic (exact) mass is 364 g/mol. The predicted molar refractivity (Wildman–Crippen MR) is 105 cm³/mol. The van der Waals surface area contributed by atoms with Gasteiger partial charge >= 0.3 is 0 Å². The van der Waals surface area contributed by atoms with Crippen LogP contribution < -0.4 is 10.2 Å². The van der Waals surface area contributed by atoms with Crippen molar-refractivity contribution in [1.29, 1.82) is 0 Å². The number of benzene rings is 1. The number of piperazine rings is 1. The highest BCUT2D eigenvalue weighted by atomic mass is 16.5. The smallest absolute Gasteiger partial charge is 0.175 e. The van der Waals surface area contributed by atoms with Gasteiger partial charge in [0.2, 0.25) is 0 Å². The third-order valence-electron chi connectivity index (χ3n) is 4.65. The molecule has 1 saturated heterocycles. The number of hydrogen-bond donors (Lipinski definition) is 1. The fourth-order valence-corrected chi connectivity index (χ4v) is 3.31. The summed E-state index contributed by atoms with van der Waals surface area (Å²) in [7, 11) is 0. The van der Waals surface area contributed by atoms with Crippen molar-refractivity contribution in [2.45, 2.75) is 20.4 Å². The van der Waals surface area contributed by atoms with Crippen LogP contribution in [0, 0.1) is 13.8 Å². The lowest BCUT2D eigenvalue weighted by Crippen LogP contribution is -2.46. The second kappa shape index (κ2) is 7.75. The summed E-state index contributed by atoms with van der Waals surface area (Å²) in [6, 6.07) is 14.4. The zero-order valence-electron chi connectivity index (χ0n) is 15.7. The molecule has 2 aromatic heterocycles. The molecule has 27 heavy (non-hydrogen) atoms. The molecule has 0 saturated carbocycles. The third kappa shape index (κ3) is 4.43. The zero-order valence-corrected chi connectivity index (χ0v) is 15.7. The van der Waals surface area contributed by atoms with Crippen molar-refractivity contribution >= 4 is 17.5 Å². The Kier molecular flexibility index (Phi) is 5.02. The molecule has 0 radical (unpaired) electrons. The maximum atomic E-state index is 5.10. The Labute approximate surface area is 159 Å². The summed E-state index contributed by atoms with van der Waals surface area (Å²) in [6.07, 6.45) is 0. The Hall–Kier alpha value is -2.93. The molecule has 3 aromatic rings. The average Bonchev–Trinajstić information content (AvgIpc) is 3.07. The summed E-state index contributed by atoms with van der Waals surface area (Å²) in [5.41, 5.74) is 1.36. The van der Waals surface area contributed by atoms with Gasteiger partial charge in [0.05, 0.1) is 0 Å². The second-order valence-corrected chi connectivity index (χ2v) is 6.86. The van der Waals surface area contributed by atoms with Crippen LogP contribution >= 0.6 is 0 Å². The van der Waals surface area contributed by atoms with Gasteiger partial charge in [0.25, 0.3) is 0 Å². The van der Waals surface area contributed by atoms with Gasteiger partial charge in [0.15, 0.2) is 5.82 Å². The number of nitrogens with one attached hydrogen (secondary N) is 1. The normalized spacial score (nSPS) is 15.1. The van der Waals surface area contributed by atoms with Crippen molar-refractivity contribution in [3.05, 3.63) is 59.6 Å². The van der Waals surface area contributed by atoms with Gasteiger partial charge in [0, 0.05) is 44.9 Å². The van der Waals surface area contributed by atoms with Gasteiger partial charge in [-0.15, -0.1) is 0 Å². The molecule has 7 nitrogen and oxygen atoms in total. The van der Waals surface area contributed by atoms with Crippen molar-refractivity contribution in [1.82, 2.24) is 20.0 Å². The molecule has 1 aromatic carbocycles. The molecule has 7 heteroatoms. The molecule has 1 aliphatic heterocycles. The lowest BCUT2D eigenvalue weighted by atomic mass is 10.2. The van der Waals surface area contributed by atoms with Crippen molar-refractivity contribution < 1.29 is 4.52 Å². The Balaban J connectivity index is 1.40. The van der Waals surface area contributed by atoms with E-state index in [-0.39, 0.29) is 0 Å². The van der Waals surface area contributed by atoms with Gasteiger partial charge in [-0.1, -0.05) is 35.5 Å². The number of anilines is 3. The number of nitrogens with zero attached hydrogens (tertiary/aromatic N) is 5. The summed E-state index contributed by atoms with van der Waals surface area (Å²) in [4.78, 5) is 13.9. The molecule has 1 aliphatic rings. The van der Waals surface area contributed by atoms with Gasteiger partial charge in [-0.25, -0.2) is 9.97 Å². The molecule has 140 valence electrons. The van der Waals surface area contributed by atoms with Crippen LogP contribution in [-0.4, -0.2) is 46.2 Å². The van der Waals surface area contributed by atoms with E-state index in [2.05, 4.69) is 60.6 Å². The highest BCUT2D eigenvalue weighted by molar-refractivity contribution is 5.56. The lowest BCUT2D eigenvalue weighted by Gasteiger charge is -2.35. The Morgan fingerprint density at radius 2 is 1.74 bits per heavy atom. The summed E-state index contributed by atoms with van der Waals surface area (Å²) in [5, 5.41) is 7.16. The van der Waals surface area contributed by atoms with Crippen LogP contribution in [0.15, 0.2) is 47.0 Å². The molecule has 4 rings (SSSR count). The molecule has 0 aliphatic carbocycles. The first kappa shape index (κ1) is 17.5. The molecule has 0 atom stereocenters. The van der Waals surface area contributed by atoms with Crippen molar-refractivity contribution in [2.24, 2.45) is 0 Å². The van der Waals surface area contributed by atoms with Crippen LogP contribution in [0.5, 0.6) is 0 Å². The molecular weight excluding hydrogens is 340 g/mol. The third-order valence-corrected chi connectivity index (χ3v) is 4.65. The van der Waals surface area contributed by atoms with Crippen LogP contribution in [0.25, 0.3) is 0 Å². The predicted octanol–water partition coefficient (Wildman–Crippen LogP) is 3.15. The summed E-state index contributed by atoms with van der Waals surface area (Å²) in [5.74, 6) is 3.84. The van der Waals surface area contributed by atoms with E-state index >= 15 is 0 Å². The topological polar surface area (TPSA) is 70.3 Å². The van der Waals surface area contributed by atoms with Crippen molar-refractivity contribution in [2.75, 3.05) is 36.4 Å². The van der Waals surface area contributed by atoms with Gasteiger partial charge < -0.3 is 14.7 Å². The highest BCUT2D eigenvalue weighted by Gasteiger charge is 2.19. The number of aromatic nitrogens is 3. The minimum atomic E-state index is 0.657. The molecule has 1 N–H and O–H groups in total. The number of hydrogen-bond acceptors (Lipinski definition) is 7. The van der Waals surface area contributed by atoms with Crippen molar-refractivity contribution in [3.63, 3.8) is 0 Å². The van der Waals surface area contributed by atoms with Crippen molar-refractivity contribution in [3.8, 4) is 0 Å². The van der Waals surface area contributed by atoms with Crippen LogP contribution in [-0.2, 0) is 6.54 Å². The maximum absolute atomic E-state index is 5.10. The first-order valence-electron chi connectivity index (χ1n) is 9.23. The molecule has 0 spiro atoms. The number of aryl methyl sites for hydroxylation is 2. The van der Waals surface area contributed by atoms with E-state index in [0.29, 0.717) is 5.82 Å². The fourth-order valence-electron chi connectivity index (χ4n) is 3.31. The first-order chi connectivity index (χ1) is 13.2. The first-order valence-corrected chi connectivity index (χ1v) is 9.23. The van der Waals surface area contributed by atoms with E-state index in [1.165, 1.54) is 5.56 Å². The summed E-state index contributed by atoms with van der Waals surface area (Å²) in [6.45, 7) is 8.71. The van der Waals surface area contributed by atoms with Gasteiger partial charge in [-0.05, 0) is 19.4 Å². The molecule has 1 fully saturated rings. The van der Waals surface area contributed by atoms with Crippen LogP contribution in [0.2, 0.25) is 0 Å². The highest BCUT2D eigenvalue weighted by Crippen LogP contribution is 2.21. The zero-order chi connectivity index (χ0) is 18.6. The quantitative estimate of drug-likeness (QED) is 0.746. The Morgan fingerprint density at radius 1 is 0.963 bits per heavy atom. The number of rotatable bonds is 5. The Morgan fingerprint density at radius 3 is 2.44 bits per heavy atom. The van der Waals surface area contributed by atoms with E-state index in [1.54, 1.807) is 0 Å². The summed E-state index contributed by atoms with van der Waals surface area (Å²) < 4.78 is 5.10. The van der Waals surface area contributed by atoms with Gasteiger partial charge in [0.1, 0.15) is 23.2 Å². The SMILES string of the molecule is Cc1nc(Nc2cc(C)on2)cc(N2CCN(Cc3ccccc3)CC2)n1. The molecular formula is C20H24N6O. The molecule has 0 unspecified atom stereocenters. The van der Waals surface area contributed by atoms with E-state index in [4.69, 9.17) is 4.52 Å². The molecule has 3 heterocycles. The Bertz CT molecular complexity index is 886. The maximum Gasteiger partial charge on any atom is 0.175 e. The minimum Gasteiger partial charge on any atom is -0.360 e. The second-order valence-electron chi connectivity index (χ2n) is 6.86. The van der Waals surface area contributed by atoms with Gasteiger partial charge in [-0.2, -0.15) is 0 Å². The fraction of sp³-hybridized carbons (Fsp3) is 0.350. The lowest BCUT2D eigenvalue weighted by molar-refractivity contribution is 0.249. The minimum absolute atomic E-state index is 0.657. The molecule has 0 bridgehead atoms. The van der Waals surface area contributed by atoms with E-state index < -0.39 is 0 Å². The van der Waals surface area contributed by atoms with Crippen LogP contribution in [0.3, 0.4) is 0 Å². The largest absolute Gasteiger partial charge is 0.360 e. The summed E-state index contributed by atoms with van der Waals surface area (Å²) >= 11 is 0. The van der Waals surface area contributed by atoms with Crippen LogP contribution in [0.1, 0.15) is 17.1 Å². The molecule has 0 amide bonds. The van der Waals surface area contributed by atoms with Gasteiger partial charge in [-0.3, -0.25) is 4.90 Å².